The number of thioether (sulfide) groups is 1. The third-order valence-corrected chi connectivity index (χ3v) is 14.7. The van der Waals surface area contributed by atoms with Crippen LogP contribution < -0.4 is 46.8 Å². The van der Waals surface area contributed by atoms with Gasteiger partial charge in [0.05, 0.1) is 71.3 Å². The first-order valence-corrected chi connectivity index (χ1v) is 34.3. The third kappa shape index (κ3) is 24.5. The first-order valence-electron chi connectivity index (χ1n) is 26.8. The maximum absolute atomic E-state index is 14.5. The van der Waals surface area contributed by atoms with Crippen molar-refractivity contribution in [3.63, 3.8) is 0 Å². The molecule has 546 valence electrons. The van der Waals surface area contributed by atoms with Crippen molar-refractivity contribution in [2.45, 2.75) is 18.5 Å². The Bertz CT molecular complexity index is 4690. The van der Waals surface area contributed by atoms with E-state index in [1.807, 2.05) is 0 Å². The van der Waals surface area contributed by atoms with Crippen LogP contribution in [0.1, 0.15) is 37.8 Å². The Morgan fingerprint density at radius 1 is 0.558 bits per heavy atom. The second kappa shape index (κ2) is 41.2. The van der Waals surface area contributed by atoms with E-state index in [4.69, 9.17) is 117 Å². The van der Waals surface area contributed by atoms with E-state index in [2.05, 4.69) is 59.3 Å². The predicted molar refractivity (Wildman–Crippen MR) is 381 cm³/mol. The molecule has 2 heterocycles. The van der Waals surface area contributed by atoms with E-state index >= 15 is 0 Å². The molecule has 0 aliphatic heterocycles. The molecule has 0 fully saturated rings. The quantitative estimate of drug-likeness (QED) is 0.00766. The number of halogens is 21. The van der Waals surface area contributed by atoms with Crippen molar-refractivity contribution < 1.29 is 120 Å². The van der Waals surface area contributed by atoms with E-state index in [9.17, 15) is 77.3 Å². The Balaban J connectivity index is 0.000000388. The molecule has 0 saturated carbocycles. The molecule has 0 atom stereocenters. The molecule has 0 saturated heterocycles. The van der Waals surface area contributed by atoms with Crippen LogP contribution in [0.5, 0.6) is 0 Å². The number of carboxylic acids is 1. The number of nitrogens with zero attached hydrogens (tertiary/aromatic N) is 5. The number of aliphatic hydroxyl groups excluding tert-OH is 1. The normalized spacial score (nSPS) is 12.6. The van der Waals surface area contributed by atoms with Crippen LogP contribution in [0.2, 0.25) is 30.1 Å². The molecule has 8 rings (SSSR count). The van der Waals surface area contributed by atoms with E-state index in [0.717, 1.165) is 30.3 Å². The van der Waals surface area contributed by atoms with Crippen molar-refractivity contribution in [2.75, 3.05) is 12.5 Å². The minimum Gasteiger partial charge on any atom is -0.796 e. The summed E-state index contributed by atoms with van der Waals surface area (Å²) in [5, 5.41) is 32.8. The zero-order valence-corrected chi connectivity index (χ0v) is 63.1. The van der Waals surface area contributed by atoms with Crippen molar-refractivity contribution in [1.82, 2.24) is 10.3 Å². The Morgan fingerprint density at radius 2 is 0.894 bits per heavy atom. The number of carboxylic acid groups (broad SMARTS) is 1. The number of benzene rings is 6. The molecule has 0 bridgehead atoms. The molecule has 2 aromatic heterocycles. The summed E-state index contributed by atoms with van der Waals surface area (Å²) >= 11 is 45.6. The molecular weight excluding hydrogens is 1660 g/mol. The van der Waals surface area contributed by atoms with E-state index < -0.39 is 151 Å². The minimum atomic E-state index is -5.22. The smallest absolute Gasteiger partial charge is 0.796 e. The van der Waals surface area contributed by atoms with Crippen LogP contribution in [0.25, 0.3) is 33.7 Å². The van der Waals surface area contributed by atoms with E-state index in [1.54, 1.807) is 6.26 Å². The third-order valence-electron chi connectivity index (χ3n) is 12.2. The number of hydrogen-bond acceptors (Lipinski definition) is 18. The average Bonchev–Trinajstić information content (AvgIpc) is 1.59. The second-order valence-electron chi connectivity index (χ2n) is 18.7. The zero-order chi connectivity index (χ0) is 77.8. The monoisotopic (exact) mass is 1700 g/mol. The van der Waals surface area contributed by atoms with Crippen LogP contribution in [-0.2, 0) is 26.7 Å². The topological polar surface area (TPSA) is 300 Å². The fourth-order valence-corrected chi connectivity index (χ4v) is 10.1. The second-order valence-corrected chi connectivity index (χ2v) is 24.8. The van der Waals surface area contributed by atoms with Gasteiger partial charge < -0.3 is 49.1 Å². The summed E-state index contributed by atoms with van der Waals surface area (Å²) in [7, 11) is 7.36. The number of carbonyl (C=O) groups excluding carboxylic acids is 2. The summed E-state index contributed by atoms with van der Waals surface area (Å²) in [5.41, 5.74) is 2.10. The SMILES string of the molecule is CSC(=O)c1c(-c2c(F)cccc2Cl)noc1C(=CN)C(=Nc1cccc(Cl)c1)C(F)(F)F.C[S-].N=C(/C(C(=O)O)=C(\O)C(=CN)C(=Nc1cccc(Cl)c1)C(F)(F)F)c1c(F)cccc1Cl.NC=C(C(=Nc1cccc(Cl)c1)C(F)(F)F)c1onc(-c2c(F)cccc2Cl)c1C(=O)Cl.O=S(Cl)Cl.[Na+]. The van der Waals surface area contributed by atoms with Gasteiger partial charge in [0.15, 0.2) is 28.7 Å². The van der Waals surface area contributed by atoms with Gasteiger partial charge in [0.2, 0.25) is 14.3 Å². The summed E-state index contributed by atoms with van der Waals surface area (Å²) < 4.78 is 187. The molecule has 17 nitrogen and oxygen atoms in total. The fraction of sp³-hybridized carbons (Fsp3) is 0.0806. The first kappa shape index (κ1) is 91.2. The summed E-state index contributed by atoms with van der Waals surface area (Å²) in [6.07, 6.45) is -10.9. The predicted octanol–water partition coefficient (Wildman–Crippen LogP) is 17.5. The van der Waals surface area contributed by atoms with Gasteiger partial charge in [-0.25, -0.2) is 37.2 Å². The van der Waals surface area contributed by atoms with Crippen molar-refractivity contribution in [3.05, 3.63) is 239 Å². The van der Waals surface area contributed by atoms with E-state index in [1.165, 1.54) is 103 Å². The maximum Gasteiger partial charge on any atom is 1.00 e. The minimum absolute atomic E-state index is 0. The van der Waals surface area contributed by atoms with Gasteiger partial charge in [0.25, 0.3) is 5.24 Å². The molecule has 8 aromatic rings. The van der Waals surface area contributed by atoms with Gasteiger partial charge in [-0.05, 0) is 109 Å². The van der Waals surface area contributed by atoms with Crippen LogP contribution >= 0.6 is 114 Å². The van der Waals surface area contributed by atoms with E-state index in [0.29, 0.717) is 24.2 Å². The van der Waals surface area contributed by atoms with Gasteiger partial charge in [-0.3, -0.25) is 15.0 Å². The first-order chi connectivity index (χ1) is 48.2. The van der Waals surface area contributed by atoms with E-state index in [-0.39, 0.29) is 94.8 Å². The number of aliphatic imine (C=N–C) groups is 3. The Labute approximate surface area is 658 Å². The molecular formula is C62H39Cl9F12N9NaO8S3. The maximum atomic E-state index is 14.5. The van der Waals surface area contributed by atoms with Crippen molar-refractivity contribution in [3.8, 4) is 22.5 Å². The number of carbonyl (C=O) groups is 3. The number of aliphatic hydroxyl groups is 1. The van der Waals surface area contributed by atoms with Gasteiger partial charge in [-0.15, -0.1) is 0 Å². The van der Waals surface area contributed by atoms with Gasteiger partial charge in [-0.1, -0.05) is 128 Å². The Morgan fingerprint density at radius 3 is 1.20 bits per heavy atom. The molecule has 0 aliphatic rings. The number of nitrogens with two attached hydrogens (primary N) is 3. The standard InChI is InChI=1S/C21H13Cl2F4N3O2S.C20H10Cl3F4N3O2.C20H13Cl2F4N3O3.CH4S.Cl2OS.Na/c1-33-20(31)16-17(15-13(23)6-3-7-14(15)24)30-32-18(16)12(9-28)19(21(25,26)27)29-11-5-2-4-10(22)8-11;21-9-3-1-4-10(7-9)29-18(20(25,26)27)11(8-28)17-15(19(23)31)16(30-32-17)14-12(22)5-2-6-13(14)24;21-9-3-1-4-10(7-9)29-18(20(24,25)26)11(8-27)17(30)15(19(31)32)16(28)14-12(22)5-2-6-13(14)23;1-2;1-4(2)3;/h2-9H,28H2,1H3;1-8H,28H2;1-8,28,30H,27H2,(H,31,32);2H,1H3;;/q;;;;;+1/p-1/b;;11-8?,17-15+,28-16?,29-18?;;;. The summed E-state index contributed by atoms with van der Waals surface area (Å²) in [4.78, 5) is 47.2. The number of nitrogens with one attached hydrogen (secondary N) is 1. The summed E-state index contributed by atoms with van der Waals surface area (Å²) in [5.74, 6) is -7.88. The van der Waals surface area contributed by atoms with Crippen LogP contribution in [0, 0.1) is 22.9 Å². The van der Waals surface area contributed by atoms with Crippen molar-refractivity contribution in [2.24, 2.45) is 32.2 Å². The number of rotatable bonds is 16. The molecule has 0 amide bonds. The fourth-order valence-electron chi connectivity index (χ4n) is 8.18. The molecule has 104 heavy (non-hydrogen) atoms. The van der Waals surface area contributed by atoms with Crippen LogP contribution in [-0.4, -0.2) is 94.9 Å². The van der Waals surface area contributed by atoms with Gasteiger partial charge in [0, 0.05) is 55.0 Å². The van der Waals surface area contributed by atoms with Crippen molar-refractivity contribution >= 4 is 204 Å². The summed E-state index contributed by atoms with van der Waals surface area (Å²) in [6.45, 7) is 0. The average molecular weight is 1700 g/mol. The number of aromatic nitrogens is 2. The number of hydrogen-bond donors (Lipinski definition) is 6. The summed E-state index contributed by atoms with van der Waals surface area (Å²) in [6, 6.07) is 26.1. The number of alkyl halides is 9. The number of aliphatic carboxylic acids is 1. The van der Waals surface area contributed by atoms with Crippen LogP contribution in [0.15, 0.2) is 187 Å². The zero-order valence-electron chi connectivity index (χ0n) is 51.8. The Hall–Kier alpha value is -6.99. The molecule has 0 spiro atoms. The molecule has 0 aliphatic carbocycles. The van der Waals surface area contributed by atoms with Gasteiger partial charge >= 0.3 is 54.1 Å². The van der Waals surface area contributed by atoms with Gasteiger partial charge in [-0.2, -0.15) is 45.8 Å². The molecule has 9 N–H and O–H groups in total. The molecule has 42 heteroatoms. The van der Waals surface area contributed by atoms with Crippen molar-refractivity contribution in [1.29, 1.82) is 5.41 Å². The Kier molecular flexibility index (Phi) is 36.2. The van der Waals surface area contributed by atoms with Crippen LogP contribution in [0.3, 0.4) is 0 Å². The van der Waals surface area contributed by atoms with Crippen LogP contribution in [0.4, 0.5) is 69.7 Å². The van der Waals surface area contributed by atoms with Gasteiger partial charge in [0.1, 0.15) is 51.3 Å². The molecule has 0 unspecified atom stereocenters. The number of allylic oxidation sites excluding steroid dienone is 3. The molecule has 0 radical (unpaired) electrons. The largest absolute Gasteiger partial charge is 1.00 e. The molecule has 6 aromatic carbocycles.